The number of carbonyl (C=O) groups excluding carboxylic acids is 1. The van der Waals surface area contributed by atoms with E-state index in [2.05, 4.69) is 0 Å². The van der Waals surface area contributed by atoms with Gasteiger partial charge in [-0.1, -0.05) is 6.92 Å². The number of nitrogens with zero attached hydrogens (tertiary/aromatic N) is 3. The molecule has 1 heterocycles. The fraction of sp³-hybridized carbons (Fsp3) is 0.400. The minimum Gasteiger partial charge on any atom is -0.482 e. The normalized spacial score (nSPS) is 14.6. The van der Waals surface area contributed by atoms with Crippen molar-refractivity contribution in [1.82, 2.24) is 0 Å². The Morgan fingerprint density at radius 2 is 2.32 bits per heavy atom. The molecule has 1 aliphatic rings. The number of likely N-dealkylation sites (N-methyl/N-ethyl adjacent to an activating group) is 1. The highest BCUT2D eigenvalue weighted by Gasteiger charge is 2.24. The van der Waals surface area contributed by atoms with Gasteiger partial charge in [-0.2, -0.15) is 5.26 Å². The molecule has 2 rings (SSSR count). The lowest BCUT2D eigenvalue weighted by Gasteiger charge is -2.29. The maximum absolute atomic E-state index is 11.7. The molecular weight excluding hydrogens is 286 g/mol. The van der Waals surface area contributed by atoms with Crippen LogP contribution in [0.5, 0.6) is 5.75 Å². The summed E-state index contributed by atoms with van der Waals surface area (Å²) in [6.07, 6.45) is 0. The molecule has 0 radical (unpaired) electrons. The number of carboxylic acids is 1. The van der Waals surface area contributed by atoms with Gasteiger partial charge >= 0.3 is 5.97 Å². The number of hydrogen-bond donors (Lipinski definition) is 1. The van der Waals surface area contributed by atoms with Crippen molar-refractivity contribution in [3.63, 3.8) is 0 Å². The molecule has 0 spiro atoms. The summed E-state index contributed by atoms with van der Waals surface area (Å²) in [7, 11) is 1.65. The molecule has 116 valence electrons. The smallest absolute Gasteiger partial charge is 0.308 e. The maximum atomic E-state index is 11.7. The predicted molar refractivity (Wildman–Crippen MR) is 80.0 cm³/mol. The first-order valence-electron chi connectivity index (χ1n) is 6.82. The number of carbonyl (C=O) groups is 2. The van der Waals surface area contributed by atoms with Crippen LogP contribution in [-0.2, 0) is 9.59 Å². The van der Waals surface area contributed by atoms with Gasteiger partial charge in [-0.05, 0) is 18.2 Å². The number of amides is 1. The number of rotatable bonds is 5. The van der Waals surface area contributed by atoms with Crippen LogP contribution in [0.2, 0.25) is 0 Å². The zero-order valence-corrected chi connectivity index (χ0v) is 12.4. The molecule has 1 amide bonds. The van der Waals surface area contributed by atoms with Crippen molar-refractivity contribution >= 4 is 23.3 Å². The van der Waals surface area contributed by atoms with E-state index >= 15 is 0 Å². The molecule has 1 aromatic carbocycles. The van der Waals surface area contributed by atoms with Gasteiger partial charge in [-0.3, -0.25) is 9.59 Å². The molecule has 22 heavy (non-hydrogen) atoms. The quantitative estimate of drug-likeness (QED) is 0.818. The number of ether oxygens (including phenoxy) is 1. The van der Waals surface area contributed by atoms with Crippen LogP contribution in [0.4, 0.5) is 11.4 Å². The van der Waals surface area contributed by atoms with Crippen LogP contribution in [0.25, 0.3) is 0 Å². The molecule has 1 unspecified atom stereocenters. The molecule has 0 saturated carbocycles. The van der Waals surface area contributed by atoms with Crippen molar-refractivity contribution in [2.45, 2.75) is 6.92 Å². The first-order valence-corrected chi connectivity index (χ1v) is 6.82. The van der Waals surface area contributed by atoms with Gasteiger partial charge in [-0.15, -0.1) is 0 Å². The Hall–Kier alpha value is -2.75. The van der Waals surface area contributed by atoms with E-state index in [9.17, 15) is 9.59 Å². The molecule has 1 atom stereocenters. The van der Waals surface area contributed by atoms with E-state index in [4.69, 9.17) is 15.1 Å². The Morgan fingerprint density at radius 3 is 2.95 bits per heavy atom. The van der Waals surface area contributed by atoms with Crippen molar-refractivity contribution in [3.8, 4) is 11.8 Å². The van der Waals surface area contributed by atoms with Crippen molar-refractivity contribution in [2.24, 2.45) is 5.92 Å². The number of fused-ring (bicyclic) bond motifs is 1. The van der Waals surface area contributed by atoms with E-state index in [1.807, 2.05) is 6.07 Å². The van der Waals surface area contributed by atoms with E-state index in [1.165, 1.54) is 4.90 Å². The van der Waals surface area contributed by atoms with Gasteiger partial charge < -0.3 is 19.6 Å². The zero-order valence-electron chi connectivity index (χ0n) is 12.4. The standard InChI is InChI=1S/C15H17N3O4/c1-10(15(20)21)8-18(6-5-16)11-3-4-13-12(7-11)17(2)14(19)9-22-13/h3-4,7,10H,6,8-9H2,1-2H3,(H,20,21). The Morgan fingerprint density at radius 1 is 1.59 bits per heavy atom. The number of anilines is 2. The Bertz CT molecular complexity index is 638. The summed E-state index contributed by atoms with van der Waals surface area (Å²) in [4.78, 5) is 25.9. The molecule has 0 aromatic heterocycles. The summed E-state index contributed by atoms with van der Waals surface area (Å²) in [6, 6.07) is 7.25. The van der Waals surface area contributed by atoms with E-state index < -0.39 is 11.9 Å². The largest absolute Gasteiger partial charge is 0.482 e. The summed E-state index contributed by atoms with van der Waals surface area (Å²) >= 11 is 0. The van der Waals surface area contributed by atoms with Crippen molar-refractivity contribution in [1.29, 1.82) is 5.26 Å². The average Bonchev–Trinajstić information content (AvgIpc) is 2.50. The SMILES string of the molecule is CC(CN(CC#N)c1ccc2c(c1)N(C)C(=O)CO2)C(=O)O. The Labute approximate surface area is 128 Å². The second kappa shape index (κ2) is 6.35. The van der Waals surface area contributed by atoms with Gasteiger partial charge in [0.05, 0.1) is 17.7 Å². The van der Waals surface area contributed by atoms with Crippen molar-refractivity contribution in [2.75, 3.05) is 36.5 Å². The van der Waals surface area contributed by atoms with E-state index in [0.29, 0.717) is 17.1 Å². The summed E-state index contributed by atoms with van der Waals surface area (Å²) in [6.45, 7) is 1.86. The number of carboxylic acid groups (broad SMARTS) is 1. The Kier molecular flexibility index (Phi) is 4.51. The first kappa shape index (κ1) is 15.6. The number of nitriles is 1. The molecule has 0 aliphatic carbocycles. The fourth-order valence-electron chi connectivity index (χ4n) is 2.21. The highest BCUT2D eigenvalue weighted by Crippen LogP contribution is 2.35. The molecule has 7 heteroatoms. The van der Waals surface area contributed by atoms with Crippen LogP contribution in [-0.4, -0.2) is 43.7 Å². The fourth-order valence-corrected chi connectivity index (χ4v) is 2.21. The molecule has 0 bridgehead atoms. The summed E-state index contributed by atoms with van der Waals surface area (Å²) in [5, 5.41) is 18.0. The second-order valence-electron chi connectivity index (χ2n) is 5.17. The molecular formula is C15H17N3O4. The van der Waals surface area contributed by atoms with Gasteiger partial charge in [0.15, 0.2) is 6.61 Å². The molecule has 0 saturated heterocycles. The van der Waals surface area contributed by atoms with E-state index in [-0.39, 0.29) is 25.6 Å². The first-order chi connectivity index (χ1) is 10.4. The van der Waals surface area contributed by atoms with E-state index in [0.717, 1.165) is 0 Å². The third-order valence-corrected chi connectivity index (χ3v) is 3.57. The molecule has 1 N–H and O–H groups in total. The average molecular weight is 303 g/mol. The topological polar surface area (TPSA) is 93.9 Å². The van der Waals surface area contributed by atoms with Crippen LogP contribution in [0.15, 0.2) is 18.2 Å². The second-order valence-corrected chi connectivity index (χ2v) is 5.17. The molecule has 1 aliphatic heterocycles. The summed E-state index contributed by atoms with van der Waals surface area (Å²) in [5.41, 5.74) is 1.29. The lowest BCUT2D eigenvalue weighted by molar-refractivity contribution is -0.140. The highest BCUT2D eigenvalue weighted by atomic mass is 16.5. The van der Waals surface area contributed by atoms with E-state index in [1.54, 1.807) is 37.1 Å². The number of hydrogen-bond acceptors (Lipinski definition) is 5. The Balaban J connectivity index is 2.31. The monoisotopic (exact) mass is 303 g/mol. The van der Waals surface area contributed by atoms with Crippen LogP contribution >= 0.6 is 0 Å². The van der Waals surface area contributed by atoms with Gasteiger partial charge in [0.2, 0.25) is 0 Å². The summed E-state index contributed by atoms with van der Waals surface area (Å²) in [5.74, 6) is -1.10. The predicted octanol–water partition coefficient (Wildman–Crippen LogP) is 1.09. The van der Waals surface area contributed by atoms with Gasteiger partial charge in [0, 0.05) is 19.3 Å². The van der Waals surface area contributed by atoms with Crippen molar-refractivity contribution in [3.05, 3.63) is 18.2 Å². The number of aliphatic carboxylic acids is 1. The minimum atomic E-state index is -0.920. The van der Waals surface area contributed by atoms with Crippen molar-refractivity contribution < 1.29 is 19.4 Å². The van der Waals surface area contributed by atoms with Gasteiger partial charge in [0.1, 0.15) is 12.3 Å². The summed E-state index contributed by atoms with van der Waals surface area (Å²) < 4.78 is 5.35. The van der Waals surface area contributed by atoms with Crippen LogP contribution < -0.4 is 14.5 Å². The minimum absolute atomic E-state index is 0.000798. The van der Waals surface area contributed by atoms with Gasteiger partial charge in [-0.25, -0.2) is 0 Å². The van der Waals surface area contributed by atoms with Gasteiger partial charge in [0.25, 0.3) is 5.91 Å². The highest BCUT2D eigenvalue weighted by molar-refractivity contribution is 5.97. The molecule has 7 nitrogen and oxygen atoms in total. The molecule has 1 aromatic rings. The lowest BCUT2D eigenvalue weighted by Crippen LogP contribution is -2.36. The maximum Gasteiger partial charge on any atom is 0.308 e. The van der Waals surface area contributed by atoms with Crippen LogP contribution in [0.3, 0.4) is 0 Å². The molecule has 0 fully saturated rings. The third-order valence-electron chi connectivity index (χ3n) is 3.57. The van der Waals surface area contributed by atoms with Crippen LogP contribution in [0.1, 0.15) is 6.92 Å². The lowest BCUT2D eigenvalue weighted by atomic mass is 10.1. The third kappa shape index (κ3) is 3.11. The zero-order chi connectivity index (χ0) is 16.3. The van der Waals surface area contributed by atoms with Crippen LogP contribution in [0, 0.1) is 17.2 Å². The number of benzene rings is 1.